The van der Waals surface area contributed by atoms with Crippen LogP contribution in [-0.4, -0.2) is 40.9 Å². The second-order valence-corrected chi connectivity index (χ2v) is 8.53. The van der Waals surface area contributed by atoms with E-state index in [9.17, 15) is 20.1 Å². The van der Waals surface area contributed by atoms with E-state index in [2.05, 4.69) is 5.32 Å². The lowest BCUT2D eigenvalue weighted by Crippen LogP contribution is -2.23. The van der Waals surface area contributed by atoms with Crippen molar-refractivity contribution in [3.05, 3.63) is 94.5 Å². The number of nitrogens with one attached hydrogen (secondary N) is 1. The number of aliphatic hydroxyl groups is 2. The molecule has 0 aliphatic carbocycles. The van der Waals surface area contributed by atoms with Gasteiger partial charge in [-0.3, -0.25) is 4.79 Å². The first-order chi connectivity index (χ1) is 17.0. The summed E-state index contributed by atoms with van der Waals surface area (Å²) < 4.78 is 5.84. The van der Waals surface area contributed by atoms with Crippen molar-refractivity contribution >= 4 is 5.91 Å². The maximum Gasteiger partial charge on any atom is 0.248 e. The minimum absolute atomic E-state index is 0.0242. The first-order valence-electron chi connectivity index (χ1n) is 11.9. The number of aliphatic hydroxyl groups excluding tert-OH is 2. The third-order valence-corrected chi connectivity index (χ3v) is 5.85. The SMILES string of the molecule is NC(=O)c1cccc(CCCCOc2ccc(CCNCC(O)c3ccc(O)c(CO)c3)cc2)c1. The molecule has 7 heteroatoms. The summed E-state index contributed by atoms with van der Waals surface area (Å²) in [5.74, 6) is 0.453. The van der Waals surface area contributed by atoms with Crippen molar-refractivity contribution in [1.29, 1.82) is 0 Å². The predicted octanol–water partition coefficient (Wildman–Crippen LogP) is 3.25. The molecule has 3 aromatic carbocycles. The zero-order valence-corrected chi connectivity index (χ0v) is 19.8. The molecule has 1 unspecified atom stereocenters. The Morgan fingerprint density at radius 3 is 2.51 bits per heavy atom. The van der Waals surface area contributed by atoms with Crippen molar-refractivity contribution in [3.8, 4) is 11.5 Å². The van der Waals surface area contributed by atoms with E-state index in [4.69, 9.17) is 10.5 Å². The molecule has 0 bridgehead atoms. The monoisotopic (exact) mass is 478 g/mol. The van der Waals surface area contributed by atoms with Crippen LogP contribution in [0.5, 0.6) is 11.5 Å². The van der Waals surface area contributed by atoms with Crippen LogP contribution in [0.15, 0.2) is 66.7 Å². The normalized spacial score (nSPS) is 11.8. The van der Waals surface area contributed by atoms with E-state index in [0.29, 0.717) is 36.4 Å². The lowest BCUT2D eigenvalue weighted by atomic mass is 10.1. The second kappa shape index (κ2) is 13.5. The van der Waals surface area contributed by atoms with Gasteiger partial charge in [0, 0.05) is 17.7 Å². The van der Waals surface area contributed by atoms with Gasteiger partial charge in [0.25, 0.3) is 0 Å². The van der Waals surface area contributed by atoms with E-state index in [-0.39, 0.29) is 12.4 Å². The number of carbonyl (C=O) groups is 1. The molecule has 3 rings (SSSR count). The van der Waals surface area contributed by atoms with E-state index < -0.39 is 12.0 Å². The van der Waals surface area contributed by atoms with Gasteiger partial charge in [0.1, 0.15) is 11.5 Å². The number of hydrogen-bond acceptors (Lipinski definition) is 6. The molecular formula is C28H34N2O5. The predicted molar refractivity (Wildman–Crippen MR) is 135 cm³/mol. The average molecular weight is 479 g/mol. The Bertz CT molecular complexity index is 1080. The quantitative estimate of drug-likeness (QED) is 0.227. The molecule has 1 atom stereocenters. The second-order valence-electron chi connectivity index (χ2n) is 8.53. The number of hydrogen-bond donors (Lipinski definition) is 5. The minimum Gasteiger partial charge on any atom is -0.508 e. The summed E-state index contributed by atoms with van der Waals surface area (Å²) in [6, 6.07) is 20.2. The van der Waals surface area contributed by atoms with Gasteiger partial charge < -0.3 is 31.1 Å². The highest BCUT2D eigenvalue weighted by Crippen LogP contribution is 2.22. The molecule has 0 heterocycles. The number of unbranched alkanes of at least 4 members (excludes halogenated alkanes) is 1. The number of rotatable bonds is 14. The van der Waals surface area contributed by atoms with Crippen LogP contribution in [0.25, 0.3) is 0 Å². The number of phenols is 1. The fraction of sp³-hybridized carbons (Fsp3) is 0.321. The largest absolute Gasteiger partial charge is 0.508 e. The molecule has 0 spiro atoms. The zero-order valence-electron chi connectivity index (χ0n) is 19.8. The number of nitrogens with two attached hydrogens (primary N) is 1. The van der Waals surface area contributed by atoms with E-state index in [0.717, 1.165) is 37.0 Å². The van der Waals surface area contributed by atoms with Gasteiger partial charge >= 0.3 is 0 Å². The molecule has 0 saturated carbocycles. The molecule has 6 N–H and O–H groups in total. The summed E-state index contributed by atoms with van der Waals surface area (Å²) in [5, 5.41) is 32.4. The average Bonchev–Trinajstić information content (AvgIpc) is 2.87. The topological polar surface area (TPSA) is 125 Å². The third kappa shape index (κ3) is 8.40. The highest BCUT2D eigenvalue weighted by molar-refractivity contribution is 5.92. The summed E-state index contributed by atoms with van der Waals surface area (Å²) in [6.07, 6.45) is 2.84. The molecule has 1 amide bonds. The summed E-state index contributed by atoms with van der Waals surface area (Å²) >= 11 is 0. The maximum atomic E-state index is 11.3. The van der Waals surface area contributed by atoms with Crippen molar-refractivity contribution < 1.29 is 24.9 Å². The Kier molecular flexibility index (Phi) is 10.1. The number of benzene rings is 3. The molecule has 7 nitrogen and oxygen atoms in total. The molecular weight excluding hydrogens is 444 g/mol. The van der Waals surface area contributed by atoms with E-state index in [1.165, 1.54) is 11.6 Å². The Hall–Kier alpha value is -3.39. The summed E-state index contributed by atoms with van der Waals surface area (Å²) in [7, 11) is 0. The molecule has 3 aromatic rings. The van der Waals surface area contributed by atoms with Crippen LogP contribution in [0, 0.1) is 0 Å². The van der Waals surface area contributed by atoms with Crippen LogP contribution in [0.2, 0.25) is 0 Å². The summed E-state index contributed by atoms with van der Waals surface area (Å²) in [6.45, 7) is 1.44. The van der Waals surface area contributed by atoms with E-state index >= 15 is 0 Å². The Balaban J connectivity index is 1.31. The van der Waals surface area contributed by atoms with Gasteiger partial charge in [-0.2, -0.15) is 0 Å². The molecule has 0 radical (unpaired) electrons. The smallest absolute Gasteiger partial charge is 0.248 e. The number of ether oxygens (including phenoxy) is 1. The van der Waals surface area contributed by atoms with Crippen molar-refractivity contribution in [3.63, 3.8) is 0 Å². The third-order valence-electron chi connectivity index (χ3n) is 5.85. The van der Waals surface area contributed by atoms with Crippen molar-refractivity contribution in [2.45, 2.75) is 38.4 Å². The van der Waals surface area contributed by atoms with Gasteiger partial charge in [-0.15, -0.1) is 0 Å². The van der Waals surface area contributed by atoms with Crippen molar-refractivity contribution in [2.24, 2.45) is 5.73 Å². The molecule has 0 aliphatic heterocycles. The Labute approximate surface area is 206 Å². The number of carbonyl (C=O) groups excluding carboxylic acids is 1. The van der Waals surface area contributed by atoms with Gasteiger partial charge in [0.2, 0.25) is 5.91 Å². The maximum absolute atomic E-state index is 11.3. The van der Waals surface area contributed by atoms with Crippen LogP contribution < -0.4 is 15.8 Å². The van der Waals surface area contributed by atoms with Gasteiger partial charge in [-0.1, -0.05) is 30.3 Å². The highest BCUT2D eigenvalue weighted by atomic mass is 16.5. The van der Waals surface area contributed by atoms with Crippen molar-refractivity contribution in [1.82, 2.24) is 5.32 Å². The standard InChI is InChI=1S/C28H34N2O5/c29-28(34)23-6-3-5-21(16-23)4-1-2-15-35-25-10-7-20(8-11-25)13-14-30-18-27(33)22-9-12-26(32)24(17-22)19-31/h3,5-12,16-17,27,30-33H,1-2,4,13-15,18-19H2,(H2,29,34). The fourth-order valence-corrected chi connectivity index (χ4v) is 3.78. The lowest BCUT2D eigenvalue weighted by molar-refractivity contribution is 0.1000. The van der Waals surface area contributed by atoms with Gasteiger partial charge in [-0.25, -0.2) is 0 Å². The molecule has 0 aliphatic rings. The first kappa shape index (κ1) is 26.2. The molecule has 0 saturated heterocycles. The van der Waals surface area contributed by atoms with Crippen LogP contribution in [0.4, 0.5) is 0 Å². The van der Waals surface area contributed by atoms with E-state index in [1.54, 1.807) is 18.2 Å². The summed E-state index contributed by atoms with van der Waals surface area (Å²) in [5.41, 5.74) is 9.19. The van der Waals surface area contributed by atoms with Gasteiger partial charge in [-0.05, 0) is 85.3 Å². The zero-order chi connectivity index (χ0) is 25.0. The molecule has 0 fully saturated rings. The van der Waals surface area contributed by atoms with Crippen LogP contribution in [0.1, 0.15) is 51.6 Å². The minimum atomic E-state index is -0.719. The number of amides is 1. The molecule has 35 heavy (non-hydrogen) atoms. The molecule has 0 aromatic heterocycles. The number of primary amides is 1. The molecule has 186 valence electrons. The van der Waals surface area contributed by atoms with E-state index in [1.807, 2.05) is 42.5 Å². The highest BCUT2D eigenvalue weighted by Gasteiger charge is 2.10. The van der Waals surface area contributed by atoms with Crippen LogP contribution >= 0.6 is 0 Å². The van der Waals surface area contributed by atoms with Crippen LogP contribution in [-0.2, 0) is 19.4 Å². The van der Waals surface area contributed by atoms with Gasteiger partial charge in [0.15, 0.2) is 0 Å². The van der Waals surface area contributed by atoms with Crippen molar-refractivity contribution in [2.75, 3.05) is 19.7 Å². The fourth-order valence-electron chi connectivity index (χ4n) is 3.78. The first-order valence-corrected chi connectivity index (χ1v) is 11.9. The lowest BCUT2D eigenvalue weighted by Gasteiger charge is -2.14. The Morgan fingerprint density at radius 2 is 1.77 bits per heavy atom. The number of aromatic hydroxyl groups is 1. The van der Waals surface area contributed by atoms with Gasteiger partial charge in [0.05, 0.1) is 19.3 Å². The number of aryl methyl sites for hydroxylation is 1. The van der Waals surface area contributed by atoms with Crippen LogP contribution in [0.3, 0.4) is 0 Å². The Morgan fingerprint density at radius 1 is 0.971 bits per heavy atom. The summed E-state index contributed by atoms with van der Waals surface area (Å²) in [4.78, 5) is 11.3.